The molecule has 1 aromatic heterocycles. The van der Waals surface area contributed by atoms with Crippen LogP contribution in [0.5, 0.6) is 0 Å². The zero-order valence-electron chi connectivity index (χ0n) is 6.23. The molecule has 13 heavy (non-hydrogen) atoms. The van der Waals surface area contributed by atoms with E-state index in [-0.39, 0.29) is 0 Å². The molecule has 0 saturated carbocycles. The van der Waals surface area contributed by atoms with Crippen molar-refractivity contribution in [3.63, 3.8) is 0 Å². The summed E-state index contributed by atoms with van der Waals surface area (Å²) in [5.74, 6) is 0. The summed E-state index contributed by atoms with van der Waals surface area (Å²) in [6.07, 6.45) is 0. The van der Waals surface area contributed by atoms with Crippen molar-refractivity contribution in [2.75, 3.05) is 0 Å². The highest BCUT2D eigenvalue weighted by molar-refractivity contribution is 7.72. The summed E-state index contributed by atoms with van der Waals surface area (Å²) in [6.45, 7) is 0. The lowest BCUT2D eigenvalue weighted by molar-refractivity contribution is 0.614. The van der Waals surface area contributed by atoms with E-state index in [4.69, 9.17) is 11.6 Å². The molecule has 0 bridgehead atoms. The highest BCUT2D eigenvalue weighted by Crippen LogP contribution is 2.26. The van der Waals surface area contributed by atoms with Gasteiger partial charge >= 0.3 is 0 Å². The van der Waals surface area contributed by atoms with Gasteiger partial charge in [0.25, 0.3) is 0 Å². The smallest absolute Gasteiger partial charge is 0.184 e. The van der Waals surface area contributed by atoms with E-state index in [9.17, 15) is 8.42 Å². The summed E-state index contributed by atoms with van der Waals surface area (Å²) in [5.41, 5.74) is 0.732. The minimum Gasteiger partial charge on any atom is -0.227 e. The molecule has 0 aliphatic rings. The number of thiol groups is 1. The lowest BCUT2D eigenvalue weighted by Crippen LogP contribution is -1.78. The summed E-state index contributed by atoms with van der Waals surface area (Å²) in [6, 6.07) is 4.74. The van der Waals surface area contributed by atoms with Crippen molar-refractivity contribution in [2.45, 2.75) is 4.90 Å². The van der Waals surface area contributed by atoms with Crippen molar-refractivity contribution >= 4 is 43.9 Å². The Bertz CT molecular complexity index is 524. The number of hydrogen-bond donors (Lipinski definition) is 1. The maximum atomic E-state index is 10.6. The van der Waals surface area contributed by atoms with Gasteiger partial charge in [-0.05, 0) is 18.2 Å². The first-order valence-corrected chi connectivity index (χ1v) is 5.74. The molecule has 0 saturated heterocycles. The first-order chi connectivity index (χ1) is 6.16. The van der Waals surface area contributed by atoms with E-state index < -0.39 is 10.7 Å². The van der Waals surface area contributed by atoms with Crippen molar-refractivity contribution in [2.24, 2.45) is 0 Å². The zero-order valence-corrected chi connectivity index (χ0v) is 8.70. The average molecular weight is 234 g/mol. The van der Waals surface area contributed by atoms with Gasteiger partial charge in [0.2, 0.25) is 0 Å². The van der Waals surface area contributed by atoms with Crippen molar-refractivity contribution in [1.29, 1.82) is 0 Å². The van der Waals surface area contributed by atoms with Crippen molar-refractivity contribution in [1.82, 2.24) is 4.98 Å². The number of benzene rings is 1. The number of halogens is 1. The first kappa shape index (κ1) is 8.93. The molecule has 1 heterocycles. The van der Waals surface area contributed by atoms with Crippen LogP contribution in [-0.2, 0) is 10.7 Å². The molecule has 2 rings (SSSR count). The summed E-state index contributed by atoms with van der Waals surface area (Å²) in [7, 11) is -2.52. The number of hydrogen-bond acceptors (Lipinski definition) is 4. The molecule has 0 aliphatic heterocycles. The predicted molar refractivity (Wildman–Crippen MR) is 53.2 cm³/mol. The Kier molecular flexibility index (Phi) is 2.23. The second-order valence-corrected chi connectivity index (χ2v) is 5.02. The van der Waals surface area contributed by atoms with E-state index >= 15 is 0 Å². The Morgan fingerprint density at radius 1 is 1.38 bits per heavy atom. The SMILES string of the molecule is O=[SH](=O)c1ccc2nc(Cl)sc2c1. The fourth-order valence-corrected chi connectivity index (χ4v) is 2.59. The number of aromatic nitrogens is 1. The number of thiazole rings is 1. The third kappa shape index (κ3) is 1.67. The topological polar surface area (TPSA) is 47.0 Å². The Hall–Kier alpha value is -0.650. The first-order valence-electron chi connectivity index (χ1n) is 3.37. The van der Waals surface area contributed by atoms with Gasteiger partial charge in [0, 0.05) is 0 Å². The van der Waals surface area contributed by atoms with Crippen LogP contribution in [0.2, 0.25) is 4.47 Å². The molecule has 1 aromatic carbocycles. The molecule has 0 spiro atoms. The summed E-state index contributed by atoms with van der Waals surface area (Å²) in [4.78, 5) is 4.29. The number of nitrogens with zero attached hydrogens (tertiary/aromatic N) is 1. The van der Waals surface area contributed by atoms with Gasteiger partial charge in [-0.3, -0.25) is 0 Å². The minimum absolute atomic E-state index is 0.294. The molecule has 68 valence electrons. The molecule has 3 nitrogen and oxygen atoms in total. The maximum absolute atomic E-state index is 10.6. The molecule has 0 radical (unpaired) electrons. The third-order valence-corrected chi connectivity index (χ3v) is 3.38. The van der Waals surface area contributed by atoms with Crippen LogP contribution in [0.15, 0.2) is 23.1 Å². The molecule has 0 fully saturated rings. The van der Waals surface area contributed by atoms with Crippen LogP contribution in [0.1, 0.15) is 0 Å². The van der Waals surface area contributed by atoms with Crippen LogP contribution < -0.4 is 0 Å². The second-order valence-electron chi connectivity index (χ2n) is 2.38. The molecular formula is C7H4ClNO2S2. The Labute approximate surface area is 84.9 Å². The van der Waals surface area contributed by atoms with Gasteiger partial charge in [-0.15, -0.1) is 11.3 Å². The predicted octanol–water partition coefficient (Wildman–Crippen LogP) is 1.92. The quantitative estimate of drug-likeness (QED) is 0.766. The molecule has 2 aromatic rings. The van der Waals surface area contributed by atoms with Gasteiger partial charge in [-0.25, -0.2) is 13.4 Å². The van der Waals surface area contributed by atoms with Gasteiger partial charge in [0.05, 0.1) is 15.1 Å². The molecule has 0 amide bonds. The lowest BCUT2D eigenvalue weighted by atomic mass is 10.3. The standard InChI is InChI=1S/C7H4ClNO2S2/c8-7-9-5-2-1-4(13(10)11)3-6(5)12-7/h1-3,13H. The maximum Gasteiger partial charge on any atom is 0.184 e. The fraction of sp³-hybridized carbons (Fsp3) is 0. The zero-order chi connectivity index (χ0) is 9.42. The van der Waals surface area contributed by atoms with Crippen LogP contribution >= 0.6 is 22.9 Å². The van der Waals surface area contributed by atoms with Gasteiger partial charge in [-0.1, -0.05) is 11.6 Å². The van der Waals surface area contributed by atoms with Crippen LogP contribution in [-0.4, -0.2) is 13.4 Å². The molecule has 0 atom stereocenters. The van der Waals surface area contributed by atoms with E-state index in [1.54, 1.807) is 12.1 Å². The van der Waals surface area contributed by atoms with E-state index in [0.29, 0.717) is 9.36 Å². The number of rotatable bonds is 1. The summed E-state index contributed by atoms with van der Waals surface area (Å²) in [5, 5.41) is 0. The van der Waals surface area contributed by atoms with Gasteiger partial charge in [-0.2, -0.15) is 0 Å². The Morgan fingerprint density at radius 3 is 2.85 bits per heavy atom. The highest BCUT2D eigenvalue weighted by atomic mass is 35.5. The third-order valence-electron chi connectivity index (χ3n) is 1.56. The van der Waals surface area contributed by atoms with Crippen LogP contribution in [0.4, 0.5) is 0 Å². The van der Waals surface area contributed by atoms with Crippen LogP contribution in [0.25, 0.3) is 10.2 Å². The monoisotopic (exact) mass is 233 g/mol. The molecule has 6 heteroatoms. The fourth-order valence-electron chi connectivity index (χ4n) is 0.999. The normalized spacial score (nSPS) is 11.2. The summed E-state index contributed by atoms with van der Waals surface area (Å²) >= 11 is 6.94. The van der Waals surface area contributed by atoms with Crippen LogP contribution in [0, 0.1) is 0 Å². The Morgan fingerprint density at radius 2 is 2.15 bits per heavy atom. The lowest BCUT2D eigenvalue weighted by Gasteiger charge is -1.88. The van der Waals surface area contributed by atoms with E-state index in [0.717, 1.165) is 10.2 Å². The Balaban J connectivity index is 2.74. The van der Waals surface area contributed by atoms with E-state index in [1.807, 2.05) is 0 Å². The van der Waals surface area contributed by atoms with Gasteiger partial charge < -0.3 is 0 Å². The minimum atomic E-state index is -2.52. The van der Waals surface area contributed by atoms with Crippen LogP contribution in [0.3, 0.4) is 0 Å². The molecule has 0 aliphatic carbocycles. The van der Waals surface area contributed by atoms with Crippen molar-refractivity contribution in [3.8, 4) is 0 Å². The van der Waals surface area contributed by atoms with Gasteiger partial charge in [0.1, 0.15) is 0 Å². The second kappa shape index (κ2) is 3.25. The van der Waals surface area contributed by atoms with E-state index in [1.165, 1.54) is 17.4 Å². The summed E-state index contributed by atoms with van der Waals surface area (Å²) < 4.78 is 22.5. The van der Waals surface area contributed by atoms with Crippen molar-refractivity contribution < 1.29 is 8.42 Å². The molecular weight excluding hydrogens is 230 g/mol. The van der Waals surface area contributed by atoms with Crippen molar-refractivity contribution in [3.05, 3.63) is 22.7 Å². The average Bonchev–Trinajstić information content (AvgIpc) is 2.42. The molecule has 0 N–H and O–H groups in total. The number of fused-ring (bicyclic) bond motifs is 1. The van der Waals surface area contributed by atoms with E-state index in [2.05, 4.69) is 4.98 Å². The van der Waals surface area contributed by atoms with Gasteiger partial charge in [0.15, 0.2) is 15.2 Å². The highest BCUT2D eigenvalue weighted by Gasteiger charge is 2.03. The molecule has 0 unspecified atom stereocenters. The largest absolute Gasteiger partial charge is 0.227 e.